The van der Waals surface area contributed by atoms with Gasteiger partial charge in [0.05, 0.1) is 0 Å². The minimum atomic E-state index is 0.705. The molecular formula is C15H25NO. The molecule has 0 aliphatic rings. The van der Waals surface area contributed by atoms with Gasteiger partial charge in [-0.3, -0.25) is 0 Å². The van der Waals surface area contributed by atoms with Crippen LogP contribution in [-0.4, -0.2) is 27.3 Å². The molecule has 0 amide bonds. The van der Waals surface area contributed by atoms with Crippen LogP contribution < -0.4 is 5.32 Å². The average molecular weight is 235 g/mol. The van der Waals surface area contributed by atoms with Crippen molar-refractivity contribution in [1.82, 2.24) is 5.32 Å². The Hall–Kier alpha value is -0.860. The second-order valence-electron chi connectivity index (χ2n) is 4.69. The summed E-state index contributed by atoms with van der Waals surface area (Å²) in [6, 6.07) is 8.68. The van der Waals surface area contributed by atoms with Gasteiger partial charge in [0.1, 0.15) is 0 Å². The van der Waals surface area contributed by atoms with E-state index < -0.39 is 0 Å². The fraction of sp³-hybridized carbons (Fsp3) is 0.600. The molecule has 0 fully saturated rings. The van der Waals surface area contributed by atoms with Gasteiger partial charge in [0.15, 0.2) is 0 Å². The number of rotatable bonds is 8. The maximum atomic E-state index is 5.12. The Morgan fingerprint density at radius 2 is 2.06 bits per heavy atom. The highest BCUT2D eigenvalue weighted by Crippen LogP contribution is 2.16. The first-order valence-corrected chi connectivity index (χ1v) is 6.46. The molecule has 0 radical (unpaired) electrons. The predicted molar refractivity (Wildman–Crippen MR) is 73.4 cm³/mol. The normalized spacial score (nSPS) is 12.6. The Labute approximate surface area is 105 Å². The Morgan fingerprint density at radius 1 is 1.29 bits per heavy atom. The summed E-state index contributed by atoms with van der Waals surface area (Å²) in [5.41, 5.74) is 2.88. The average Bonchev–Trinajstić information content (AvgIpc) is 2.32. The quantitative estimate of drug-likeness (QED) is 0.700. The SMILES string of the molecule is CNCC(CCCOC)Cc1ccccc1C. The summed E-state index contributed by atoms with van der Waals surface area (Å²) in [7, 11) is 3.80. The molecule has 0 bridgehead atoms. The number of benzene rings is 1. The van der Waals surface area contributed by atoms with Crippen LogP contribution in [0.2, 0.25) is 0 Å². The molecule has 0 heterocycles. The van der Waals surface area contributed by atoms with Gasteiger partial charge in [0, 0.05) is 13.7 Å². The van der Waals surface area contributed by atoms with Crippen LogP contribution >= 0.6 is 0 Å². The Morgan fingerprint density at radius 3 is 2.71 bits per heavy atom. The van der Waals surface area contributed by atoms with Crippen LogP contribution in [-0.2, 0) is 11.2 Å². The highest BCUT2D eigenvalue weighted by molar-refractivity contribution is 5.25. The molecule has 17 heavy (non-hydrogen) atoms. The summed E-state index contributed by atoms with van der Waals surface area (Å²) >= 11 is 0. The third-order valence-electron chi connectivity index (χ3n) is 3.22. The molecule has 0 spiro atoms. The van der Waals surface area contributed by atoms with Crippen molar-refractivity contribution in [3.63, 3.8) is 0 Å². The third-order valence-corrected chi connectivity index (χ3v) is 3.22. The van der Waals surface area contributed by atoms with Crippen LogP contribution in [0.25, 0.3) is 0 Å². The van der Waals surface area contributed by atoms with E-state index in [-0.39, 0.29) is 0 Å². The number of nitrogens with one attached hydrogen (secondary N) is 1. The predicted octanol–water partition coefficient (Wildman–Crippen LogP) is 2.80. The van der Waals surface area contributed by atoms with E-state index >= 15 is 0 Å². The van der Waals surface area contributed by atoms with Crippen LogP contribution in [0.1, 0.15) is 24.0 Å². The van der Waals surface area contributed by atoms with E-state index in [1.807, 2.05) is 7.05 Å². The fourth-order valence-electron chi connectivity index (χ4n) is 2.23. The van der Waals surface area contributed by atoms with E-state index in [1.165, 1.54) is 17.5 Å². The summed E-state index contributed by atoms with van der Waals surface area (Å²) in [6.07, 6.45) is 3.54. The van der Waals surface area contributed by atoms with Crippen molar-refractivity contribution in [1.29, 1.82) is 0 Å². The van der Waals surface area contributed by atoms with E-state index in [4.69, 9.17) is 4.74 Å². The van der Waals surface area contributed by atoms with Gasteiger partial charge in [0.2, 0.25) is 0 Å². The lowest BCUT2D eigenvalue weighted by atomic mass is 9.92. The number of aryl methyl sites for hydroxylation is 1. The molecule has 96 valence electrons. The molecular weight excluding hydrogens is 210 g/mol. The molecule has 1 aromatic rings. The van der Waals surface area contributed by atoms with Gasteiger partial charge >= 0.3 is 0 Å². The van der Waals surface area contributed by atoms with Crippen LogP contribution in [0.3, 0.4) is 0 Å². The van der Waals surface area contributed by atoms with Crippen LogP contribution in [0.5, 0.6) is 0 Å². The van der Waals surface area contributed by atoms with Gasteiger partial charge in [-0.15, -0.1) is 0 Å². The van der Waals surface area contributed by atoms with E-state index in [2.05, 4.69) is 36.5 Å². The van der Waals surface area contributed by atoms with Gasteiger partial charge in [-0.2, -0.15) is 0 Å². The van der Waals surface area contributed by atoms with Gasteiger partial charge in [-0.1, -0.05) is 24.3 Å². The van der Waals surface area contributed by atoms with E-state index in [0.717, 1.165) is 26.0 Å². The standard InChI is InChI=1S/C15H25NO/c1-13-7-4-5-9-15(13)11-14(12-16-2)8-6-10-17-3/h4-5,7,9,14,16H,6,8,10-12H2,1-3H3. The van der Waals surface area contributed by atoms with Crippen LogP contribution in [0.15, 0.2) is 24.3 Å². The first-order valence-electron chi connectivity index (χ1n) is 6.46. The fourth-order valence-corrected chi connectivity index (χ4v) is 2.23. The van der Waals surface area contributed by atoms with E-state index in [9.17, 15) is 0 Å². The lowest BCUT2D eigenvalue weighted by molar-refractivity contribution is 0.186. The second-order valence-corrected chi connectivity index (χ2v) is 4.69. The molecule has 0 aliphatic heterocycles. The lowest BCUT2D eigenvalue weighted by Crippen LogP contribution is -2.21. The largest absolute Gasteiger partial charge is 0.385 e. The first-order chi connectivity index (χ1) is 8.27. The van der Waals surface area contributed by atoms with Gasteiger partial charge in [-0.25, -0.2) is 0 Å². The molecule has 0 saturated heterocycles. The number of hydrogen-bond acceptors (Lipinski definition) is 2. The summed E-state index contributed by atoms with van der Waals surface area (Å²) in [6.45, 7) is 4.15. The van der Waals surface area contributed by atoms with Crippen LogP contribution in [0, 0.1) is 12.8 Å². The molecule has 1 N–H and O–H groups in total. The van der Waals surface area contributed by atoms with Crippen LogP contribution in [0.4, 0.5) is 0 Å². The lowest BCUT2D eigenvalue weighted by Gasteiger charge is -2.17. The molecule has 1 rings (SSSR count). The van der Waals surface area contributed by atoms with Gasteiger partial charge in [-0.05, 0) is 56.8 Å². The summed E-state index contributed by atoms with van der Waals surface area (Å²) in [5, 5.41) is 3.29. The van der Waals surface area contributed by atoms with Crippen molar-refractivity contribution in [2.24, 2.45) is 5.92 Å². The minimum Gasteiger partial charge on any atom is -0.385 e. The topological polar surface area (TPSA) is 21.3 Å². The van der Waals surface area contributed by atoms with Crippen molar-refractivity contribution in [3.05, 3.63) is 35.4 Å². The number of ether oxygens (including phenoxy) is 1. The molecule has 2 nitrogen and oxygen atoms in total. The van der Waals surface area contributed by atoms with Gasteiger partial charge < -0.3 is 10.1 Å². The number of hydrogen-bond donors (Lipinski definition) is 1. The Kier molecular flexibility index (Phi) is 6.90. The third kappa shape index (κ3) is 5.33. The highest BCUT2D eigenvalue weighted by Gasteiger charge is 2.09. The summed E-state index contributed by atoms with van der Waals surface area (Å²) in [4.78, 5) is 0. The minimum absolute atomic E-state index is 0.705. The monoisotopic (exact) mass is 235 g/mol. The molecule has 0 aromatic heterocycles. The molecule has 1 aromatic carbocycles. The van der Waals surface area contributed by atoms with E-state index in [0.29, 0.717) is 5.92 Å². The zero-order valence-corrected chi connectivity index (χ0v) is 11.3. The Balaban J connectivity index is 2.50. The molecule has 0 saturated carbocycles. The van der Waals surface area contributed by atoms with Crippen molar-refractivity contribution in [2.75, 3.05) is 27.3 Å². The Bertz CT molecular complexity index is 312. The van der Waals surface area contributed by atoms with E-state index in [1.54, 1.807) is 7.11 Å². The highest BCUT2D eigenvalue weighted by atomic mass is 16.5. The summed E-state index contributed by atoms with van der Waals surface area (Å²) in [5.74, 6) is 0.705. The molecule has 1 atom stereocenters. The van der Waals surface area contributed by atoms with Crippen molar-refractivity contribution < 1.29 is 4.74 Å². The second kappa shape index (κ2) is 8.26. The first kappa shape index (κ1) is 14.2. The maximum Gasteiger partial charge on any atom is 0.0462 e. The molecule has 2 heteroatoms. The van der Waals surface area contributed by atoms with Crippen molar-refractivity contribution in [3.8, 4) is 0 Å². The van der Waals surface area contributed by atoms with Crippen molar-refractivity contribution in [2.45, 2.75) is 26.2 Å². The molecule has 1 unspecified atom stereocenters. The maximum absolute atomic E-state index is 5.12. The van der Waals surface area contributed by atoms with Gasteiger partial charge in [0.25, 0.3) is 0 Å². The van der Waals surface area contributed by atoms with Crippen molar-refractivity contribution >= 4 is 0 Å². The zero-order chi connectivity index (χ0) is 12.5. The smallest absolute Gasteiger partial charge is 0.0462 e. The molecule has 0 aliphatic carbocycles. The number of methoxy groups -OCH3 is 1. The summed E-state index contributed by atoms with van der Waals surface area (Å²) < 4.78 is 5.12. The zero-order valence-electron chi connectivity index (χ0n) is 11.3.